The number of hydrogen-bond acceptors (Lipinski definition) is 9. The summed E-state index contributed by atoms with van der Waals surface area (Å²) in [5, 5.41) is 11.5. The molecule has 2 amide bonds. The number of nitrogens with zero attached hydrogens (tertiary/aromatic N) is 3. The van der Waals surface area contributed by atoms with Crippen LogP contribution in [0.3, 0.4) is 0 Å². The first-order valence-corrected chi connectivity index (χ1v) is 14.6. The molecule has 0 aromatic heterocycles. The molecule has 0 unspecified atom stereocenters. The molecule has 0 bridgehead atoms. The summed E-state index contributed by atoms with van der Waals surface area (Å²) in [4.78, 5) is 28.2. The van der Waals surface area contributed by atoms with Crippen molar-refractivity contribution >= 4 is 40.5 Å². The number of ether oxygens (including phenoxy) is 4. The van der Waals surface area contributed by atoms with Crippen LogP contribution in [0.15, 0.2) is 36.4 Å². The maximum Gasteiger partial charge on any atom is 0.417 e. The van der Waals surface area contributed by atoms with E-state index >= 15 is 4.39 Å². The molecule has 0 saturated carbocycles. The molecule has 250 valence electrons. The Bertz CT molecular complexity index is 1440. The number of carbonyl (C=O) groups is 2. The lowest BCUT2D eigenvalue weighted by molar-refractivity contribution is -0.137. The van der Waals surface area contributed by atoms with Crippen LogP contribution < -0.4 is 20.9 Å². The van der Waals surface area contributed by atoms with Crippen LogP contribution in [-0.4, -0.2) is 88.4 Å². The number of nitriles is 1. The predicted octanol–water partition coefficient (Wildman–Crippen LogP) is 3.39. The highest BCUT2D eigenvalue weighted by Crippen LogP contribution is 2.39. The molecule has 1 aliphatic rings. The number of nitrogens with one attached hydrogen (secondary N) is 1. The molecule has 0 atom stereocenters. The summed E-state index contributed by atoms with van der Waals surface area (Å²) in [6, 6.07) is 7.92. The Labute approximate surface area is 269 Å². The summed E-state index contributed by atoms with van der Waals surface area (Å²) in [5.74, 6) is -2.27. The molecular weight excluding hydrogens is 634 g/mol. The monoisotopic (exact) mass is 669 g/mol. The Morgan fingerprint density at radius 1 is 0.957 bits per heavy atom. The van der Waals surface area contributed by atoms with Crippen molar-refractivity contribution in [3.05, 3.63) is 58.9 Å². The van der Waals surface area contributed by atoms with E-state index in [2.05, 4.69) is 5.32 Å². The molecule has 2 aromatic carbocycles. The van der Waals surface area contributed by atoms with Gasteiger partial charge in [-0.1, -0.05) is 0 Å². The van der Waals surface area contributed by atoms with E-state index in [0.29, 0.717) is 52.3 Å². The molecule has 2 aromatic rings. The van der Waals surface area contributed by atoms with E-state index in [1.54, 1.807) is 0 Å². The van der Waals surface area contributed by atoms with E-state index in [9.17, 15) is 22.8 Å². The molecule has 1 heterocycles. The first-order chi connectivity index (χ1) is 21.8. The number of carbonyl (C=O) groups excluding carboxylic acids is 2. The largest absolute Gasteiger partial charge is 0.417 e. The summed E-state index contributed by atoms with van der Waals surface area (Å²) in [7, 11) is 0. The van der Waals surface area contributed by atoms with Crippen molar-refractivity contribution in [3.63, 3.8) is 0 Å². The van der Waals surface area contributed by atoms with Crippen molar-refractivity contribution in [2.45, 2.75) is 25.6 Å². The number of nitrogens with two attached hydrogens (primary N) is 1. The van der Waals surface area contributed by atoms with Crippen LogP contribution >= 0.6 is 12.2 Å². The van der Waals surface area contributed by atoms with Gasteiger partial charge in [-0.05, 0) is 62.5 Å². The fourth-order valence-electron chi connectivity index (χ4n) is 4.46. The Kier molecular flexibility index (Phi) is 13.4. The minimum atomic E-state index is -4.85. The summed E-state index contributed by atoms with van der Waals surface area (Å²) in [6.07, 6.45) is -4.85. The number of rotatable bonds is 17. The van der Waals surface area contributed by atoms with Gasteiger partial charge in [0.15, 0.2) is 5.11 Å². The highest BCUT2D eigenvalue weighted by Gasteiger charge is 2.51. The molecule has 0 spiro atoms. The van der Waals surface area contributed by atoms with E-state index in [1.807, 2.05) is 0 Å². The maximum absolute atomic E-state index is 15.1. The lowest BCUT2D eigenvalue weighted by atomic mass is 10.0. The topological polar surface area (TPSA) is 139 Å². The Hall–Kier alpha value is -3.72. The van der Waals surface area contributed by atoms with Crippen LogP contribution in [0.2, 0.25) is 0 Å². The fraction of sp³-hybridized carbons (Fsp3) is 0.467. The average Bonchev–Trinajstić information content (AvgIpc) is 3.18. The van der Waals surface area contributed by atoms with Gasteiger partial charge in [0, 0.05) is 18.8 Å². The summed E-state index contributed by atoms with van der Waals surface area (Å²) < 4.78 is 77.1. The third kappa shape index (κ3) is 9.18. The zero-order valence-corrected chi connectivity index (χ0v) is 26.1. The van der Waals surface area contributed by atoms with Crippen LogP contribution in [-0.2, 0) is 29.9 Å². The van der Waals surface area contributed by atoms with Gasteiger partial charge >= 0.3 is 6.18 Å². The summed E-state index contributed by atoms with van der Waals surface area (Å²) in [6.45, 7) is 6.45. The standard InChI is InChI=1S/C30H35F4N5O6S/c1-29(2)27(41)38(21-4-3-20(19-36)24(17-21)30(32,33)34)28(46)39(29)22-5-6-23(25(31)18-22)26(40)37-8-10-43-12-14-45-16-15-44-13-11-42-9-7-35/h3-6,17-18H,7-16,35H2,1-2H3,(H,37,40). The highest BCUT2D eigenvalue weighted by atomic mass is 32.1. The molecule has 1 aliphatic heterocycles. The Morgan fingerprint density at radius 3 is 2.07 bits per heavy atom. The molecular formula is C30H35F4N5O6S. The van der Waals surface area contributed by atoms with E-state index in [4.69, 9.17) is 42.2 Å². The zero-order valence-electron chi connectivity index (χ0n) is 25.3. The van der Waals surface area contributed by atoms with Crippen molar-refractivity contribution in [1.82, 2.24) is 5.32 Å². The van der Waals surface area contributed by atoms with Gasteiger partial charge < -0.3 is 34.9 Å². The van der Waals surface area contributed by atoms with E-state index in [1.165, 1.54) is 43.0 Å². The molecule has 0 aliphatic carbocycles. The van der Waals surface area contributed by atoms with E-state index < -0.39 is 40.5 Å². The number of hydrogen-bond donors (Lipinski definition) is 2. The lowest BCUT2D eigenvalue weighted by Crippen LogP contribution is -2.44. The van der Waals surface area contributed by atoms with Gasteiger partial charge in [-0.2, -0.15) is 18.4 Å². The van der Waals surface area contributed by atoms with Crippen LogP contribution in [0, 0.1) is 17.1 Å². The number of benzene rings is 2. The summed E-state index contributed by atoms with van der Waals surface area (Å²) >= 11 is 5.47. The Balaban J connectivity index is 1.53. The van der Waals surface area contributed by atoms with Gasteiger partial charge in [0.05, 0.1) is 81.3 Å². The highest BCUT2D eigenvalue weighted by molar-refractivity contribution is 7.81. The molecule has 3 rings (SSSR count). The fourth-order valence-corrected chi connectivity index (χ4v) is 4.99. The molecule has 3 N–H and O–H groups in total. The second kappa shape index (κ2) is 16.7. The van der Waals surface area contributed by atoms with Crippen LogP contribution in [0.5, 0.6) is 0 Å². The second-order valence-corrected chi connectivity index (χ2v) is 10.7. The van der Waals surface area contributed by atoms with E-state index in [0.717, 1.165) is 17.0 Å². The number of alkyl halides is 3. The number of thiocarbonyl (C=S) groups is 1. The molecule has 1 saturated heterocycles. The third-order valence-electron chi connectivity index (χ3n) is 6.72. The zero-order chi connectivity index (χ0) is 33.9. The van der Waals surface area contributed by atoms with Crippen molar-refractivity contribution in [3.8, 4) is 6.07 Å². The van der Waals surface area contributed by atoms with Crippen molar-refractivity contribution in [2.75, 3.05) is 75.7 Å². The first-order valence-electron chi connectivity index (χ1n) is 14.2. The molecule has 1 fully saturated rings. The Morgan fingerprint density at radius 2 is 1.52 bits per heavy atom. The molecule has 11 nitrogen and oxygen atoms in total. The molecule has 46 heavy (non-hydrogen) atoms. The van der Waals surface area contributed by atoms with Gasteiger partial charge in [-0.15, -0.1) is 0 Å². The second-order valence-electron chi connectivity index (χ2n) is 10.3. The van der Waals surface area contributed by atoms with E-state index in [-0.39, 0.29) is 41.8 Å². The first kappa shape index (κ1) is 36.7. The predicted molar refractivity (Wildman–Crippen MR) is 164 cm³/mol. The van der Waals surface area contributed by atoms with Gasteiger partial charge in [0.2, 0.25) is 0 Å². The normalized spacial score (nSPS) is 14.6. The van der Waals surface area contributed by atoms with Crippen LogP contribution in [0.25, 0.3) is 0 Å². The SMILES string of the molecule is CC1(C)C(=O)N(c2ccc(C#N)c(C(F)(F)F)c2)C(=S)N1c1ccc(C(=O)NCCOCCOCCOCCOCCN)c(F)c1. The van der Waals surface area contributed by atoms with Crippen molar-refractivity contribution in [2.24, 2.45) is 5.73 Å². The lowest BCUT2D eigenvalue weighted by Gasteiger charge is -2.29. The molecule has 0 radical (unpaired) electrons. The van der Waals surface area contributed by atoms with Crippen LogP contribution in [0.1, 0.15) is 35.3 Å². The van der Waals surface area contributed by atoms with Crippen LogP contribution in [0.4, 0.5) is 28.9 Å². The average molecular weight is 670 g/mol. The quantitative estimate of drug-likeness (QED) is 0.146. The smallest absolute Gasteiger partial charge is 0.378 e. The van der Waals surface area contributed by atoms with Crippen molar-refractivity contribution in [1.29, 1.82) is 5.26 Å². The van der Waals surface area contributed by atoms with Gasteiger partial charge in [-0.25, -0.2) is 4.39 Å². The third-order valence-corrected chi connectivity index (χ3v) is 7.09. The minimum absolute atomic E-state index is 0.100. The van der Waals surface area contributed by atoms with Gasteiger partial charge in [0.1, 0.15) is 11.4 Å². The number of anilines is 2. The van der Waals surface area contributed by atoms with Gasteiger partial charge in [-0.3, -0.25) is 14.5 Å². The number of amides is 2. The van der Waals surface area contributed by atoms with Crippen molar-refractivity contribution < 1.29 is 46.1 Å². The maximum atomic E-state index is 15.1. The number of halogens is 4. The molecule has 16 heteroatoms. The minimum Gasteiger partial charge on any atom is -0.378 e. The summed E-state index contributed by atoms with van der Waals surface area (Å²) in [5.41, 5.74) is 1.70. The van der Waals surface area contributed by atoms with Gasteiger partial charge in [0.25, 0.3) is 11.8 Å².